The molecule has 1 aliphatic carbocycles. The smallest absolute Gasteiger partial charge is 0.252 e. The summed E-state index contributed by atoms with van der Waals surface area (Å²) in [4.78, 5) is 18.8. The summed E-state index contributed by atoms with van der Waals surface area (Å²) in [6, 6.07) is 1.99. The molecule has 0 saturated carbocycles. The van der Waals surface area contributed by atoms with Gasteiger partial charge in [0.05, 0.1) is 5.56 Å². The van der Waals surface area contributed by atoms with E-state index in [1.165, 1.54) is 11.3 Å². The van der Waals surface area contributed by atoms with Crippen LogP contribution in [0.3, 0.4) is 0 Å². The van der Waals surface area contributed by atoms with Gasteiger partial charge in [0.25, 0.3) is 5.91 Å². The molecule has 2 saturated heterocycles. The molecule has 106 valence electrons. The standard InChI is InChI=1S/C15H20N4O/c16-14(20)12-4-9-2-1-3-13(9)18-15(12)19-7-10-5-17-6-11(10)8-19/h4,10-11,17H,1-3,5-8H2,(H2,16,20)/t10-,11+. The van der Waals surface area contributed by atoms with Crippen molar-refractivity contribution in [3.63, 3.8) is 0 Å². The molecule has 5 heteroatoms. The Morgan fingerprint density at radius 3 is 2.75 bits per heavy atom. The van der Waals surface area contributed by atoms with E-state index < -0.39 is 0 Å². The van der Waals surface area contributed by atoms with E-state index in [9.17, 15) is 4.79 Å². The number of aromatic nitrogens is 1. The van der Waals surface area contributed by atoms with Crippen molar-refractivity contribution in [1.29, 1.82) is 0 Å². The van der Waals surface area contributed by atoms with Crippen LogP contribution in [-0.2, 0) is 12.8 Å². The van der Waals surface area contributed by atoms with Gasteiger partial charge in [0.15, 0.2) is 0 Å². The van der Waals surface area contributed by atoms with Crippen LogP contribution < -0.4 is 16.0 Å². The van der Waals surface area contributed by atoms with E-state index in [1.54, 1.807) is 0 Å². The van der Waals surface area contributed by atoms with E-state index in [0.29, 0.717) is 17.4 Å². The molecular formula is C15H20N4O. The minimum Gasteiger partial charge on any atom is -0.365 e. The third kappa shape index (κ3) is 1.80. The first-order valence-electron chi connectivity index (χ1n) is 7.50. The lowest BCUT2D eigenvalue weighted by atomic mass is 10.0. The van der Waals surface area contributed by atoms with E-state index >= 15 is 0 Å². The molecule has 3 N–H and O–H groups in total. The molecule has 2 atom stereocenters. The van der Waals surface area contributed by atoms with Crippen molar-refractivity contribution < 1.29 is 4.79 Å². The molecule has 1 aromatic rings. The van der Waals surface area contributed by atoms with Gasteiger partial charge in [-0.05, 0) is 42.7 Å². The van der Waals surface area contributed by atoms with Gasteiger partial charge in [0, 0.05) is 31.9 Å². The molecule has 3 aliphatic rings. The summed E-state index contributed by atoms with van der Waals surface area (Å²) in [6.07, 6.45) is 3.20. The number of primary amides is 1. The molecule has 5 nitrogen and oxygen atoms in total. The Morgan fingerprint density at radius 2 is 2.05 bits per heavy atom. The molecular weight excluding hydrogens is 252 g/mol. The zero-order valence-corrected chi connectivity index (χ0v) is 11.6. The highest BCUT2D eigenvalue weighted by Gasteiger charge is 2.38. The van der Waals surface area contributed by atoms with Crippen LogP contribution in [0.2, 0.25) is 0 Å². The van der Waals surface area contributed by atoms with Crippen molar-refractivity contribution in [2.75, 3.05) is 31.1 Å². The number of nitrogens with one attached hydrogen (secondary N) is 1. The van der Waals surface area contributed by atoms with Gasteiger partial charge in [-0.3, -0.25) is 4.79 Å². The number of carbonyl (C=O) groups is 1. The molecule has 0 unspecified atom stereocenters. The largest absolute Gasteiger partial charge is 0.365 e. The lowest BCUT2D eigenvalue weighted by molar-refractivity contribution is 0.100. The van der Waals surface area contributed by atoms with Gasteiger partial charge in [-0.1, -0.05) is 0 Å². The van der Waals surface area contributed by atoms with Crippen molar-refractivity contribution in [2.45, 2.75) is 19.3 Å². The SMILES string of the molecule is NC(=O)c1cc2c(nc1N1C[C@H]3CNC[C@H]3C1)CCC2. The molecule has 0 bridgehead atoms. The summed E-state index contributed by atoms with van der Waals surface area (Å²) >= 11 is 0. The number of hydrogen-bond donors (Lipinski definition) is 2. The molecule has 20 heavy (non-hydrogen) atoms. The quantitative estimate of drug-likeness (QED) is 0.813. The average Bonchev–Trinajstić information content (AvgIpc) is 3.11. The number of rotatable bonds is 2. The molecule has 1 amide bonds. The number of carbonyl (C=O) groups excluding carboxylic acids is 1. The Hall–Kier alpha value is -1.62. The summed E-state index contributed by atoms with van der Waals surface area (Å²) in [5.41, 5.74) is 8.56. The van der Waals surface area contributed by atoms with Crippen LogP contribution >= 0.6 is 0 Å². The predicted octanol–water partition coefficient (Wildman–Crippen LogP) is 0.325. The van der Waals surface area contributed by atoms with Crippen LogP contribution in [0.1, 0.15) is 28.0 Å². The monoisotopic (exact) mass is 272 g/mol. The van der Waals surface area contributed by atoms with Crippen LogP contribution in [-0.4, -0.2) is 37.1 Å². The van der Waals surface area contributed by atoms with Gasteiger partial charge in [0.1, 0.15) is 5.82 Å². The normalized spacial score (nSPS) is 27.7. The number of hydrogen-bond acceptors (Lipinski definition) is 4. The molecule has 4 rings (SSSR count). The second-order valence-corrected chi connectivity index (χ2v) is 6.27. The van der Waals surface area contributed by atoms with Gasteiger partial charge < -0.3 is 16.0 Å². The van der Waals surface area contributed by atoms with Gasteiger partial charge in [0.2, 0.25) is 0 Å². The average molecular weight is 272 g/mol. The number of anilines is 1. The van der Waals surface area contributed by atoms with Gasteiger partial charge in [-0.25, -0.2) is 4.98 Å². The maximum atomic E-state index is 11.8. The van der Waals surface area contributed by atoms with E-state index in [2.05, 4.69) is 10.2 Å². The van der Waals surface area contributed by atoms with Crippen LogP contribution in [0.15, 0.2) is 6.07 Å². The van der Waals surface area contributed by atoms with Crippen molar-refractivity contribution in [1.82, 2.24) is 10.3 Å². The summed E-state index contributed by atoms with van der Waals surface area (Å²) in [5, 5.41) is 3.44. The lowest BCUT2D eigenvalue weighted by Gasteiger charge is -2.22. The third-order valence-electron chi connectivity index (χ3n) is 4.99. The highest BCUT2D eigenvalue weighted by molar-refractivity contribution is 5.98. The third-order valence-corrected chi connectivity index (χ3v) is 4.99. The van der Waals surface area contributed by atoms with E-state index in [-0.39, 0.29) is 5.91 Å². The zero-order valence-electron chi connectivity index (χ0n) is 11.6. The summed E-state index contributed by atoms with van der Waals surface area (Å²) in [5.74, 6) is 1.85. The van der Waals surface area contributed by atoms with Crippen molar-refractivity contribution in [3.05, 3.63) is 22.9 Å². The second kappa shape index (κ2) is 4.45. The van der Waals surface area contributed by atoms with E-state index in [4.69, 9.17) is 10.7 Å². The molecule has 3 heterocycles. The highest BCUT2D eigenvalue weighted by atomic mass is 16.1. The van der Waals surface area contributed by atoms with Crippen LogP contribution in [0, 0.1) is 11.8 Å². The first kappa shape index (κ1) is 12.1. The topological polar surface area (TPSA) is 71.2 Å². The van der Waals surface area contributed by atoms with Crippen LogP contribution in [0.5, 0.6) is 0 Å². The number of pyridine rings is 1. The summed E-state index contributed by atoms with van der Waals surface area (Å²) in [6.45, 7) is 4.14. The van der Waals surface area contributed by atoms with Gasteiger partial charge >= 0.3 is 0 Å². The number of fused-ring (bicyclic) bond motifs is 2. The minimum atomic E-state index is -0.350. The number of amides is 1. The van der Waals surface area contributed by atoms with Gasteiger partial charge in [-0.15, -0.1) is 0 Å². The lowest BCUT2D eigenvalue weighted by Crippen LogP contribution is -2.29. The maximum Gasteiger partial charge on any atom is 0.252 e. The predicted molar refractivity (Wildman–Crippen MR) is 76.8 cm³/mol. The number of nitrogens with zero attached hydrogens (tertiary/aromatic N) is 2. The molecule has 2 aliphatic heterocycles. The first-order chi connectivity index (χ1) is 9.72. The van der Waals surface area contributed by atoms with E-state index in [0.717, 1.165) is 51.3 Å². The highest BCUT2D eigenvalue weighted by Crippen LogP contribution is 2.33. The Bertz CT molecular complexity index is 559. The van der Waals surface area contributed by atoms with Crippen molar-refractivity contribution in [2.24, 2.45) is 17.6 Å². The molecule has 0 aromatic carbocycles. The maximum absolute atomic E-state index is 11.8. The zero-order chi connectivity index (χ0) is 13.7. The Labute approximate surface area is 118 Å². The Morgan fingerprint density at radius 1 is 1.30 bits per heavy atom. The van der Waals surface area contributed by atoms with Crippen LogP contribution in [0.4, 0.5) is 5.82 Å². The summed E-state index contributed by atoms with van der Waals surface area (Å²) < 4.78 is 0. The molecule has 2 fully saturated rings. The Balaban J connectivity index is 1.72. The Kier molecular flexibility index (Phi) is 2.70. The minimum absolute atomic E-state index is 0.350. The summed E-state index contributed by atoms with van der Waals surface area (Å²) in [7, 11) is 0. The fraction of sp³-hybridized carbons (Fsp3) is 0.600. The number of nitrogens with two attached hydrogens (primary N) is 1. The van der Waals surface area contributed by atoms with Crippen molar-refractivity contribution in [3.8, 4) is 0 Å². The number of aryl methyl sites for hydroxylation is 2. The molecule has 0 radical (unpaired) electrons. The fourth-order valence-corrected chi connectivity index (χ4v) is 3.91. The molecule has 1 aromatic heterocycles. The molecule has 0 spiro atoms. The van der Waals surface area contributed by atoms with E-state index in [1.807, 2.05) is 6.07 Å². The van der Waals surface area contributed by atoms with Crippen molar-refractivity contribution >= 4 is 11.7 Å². The first-order valence-corrected chi connectivity index (χ1v) is 7.50. The van der Waals surface area contributed by atoms with Crippen LogP contribution in [0.25, 0.3) is 0 Å². The fourth-order valence-electron chi connectivity index (χ4n) is 3.91. The second-order valence-electron chi connectivity index (χ2n) is 6.27. The van der Waals surface area contributed by atoms with Gasteiger partial charge in [-0.2, -0.15) is 0 Å².